The van der Waals surface area contributed by atoms with E-state index in [1.807, 2.05) is 6.26 Å². The van der Waals surface area contributed by atoms with Crippen molar-refractivity contribution in [2.75, 3.05) is 18.6 Å². The van der Waals surface area contributed by atoms with E-state index in [2.05, 4.69) is 0 Å². The largest absolute Gasteiger partial charge is 0.293 e. The first-order valence-corrected chi connectivity index (χ1v) is 8.84. The molecule has 1 aliphatic heterocycles. The third-order valence-corrected chi connectivity index (χ3v) is 4.93. The Labute approximate surface area is 136 Å². The summed E-state index contributed by atoms with van der Waals surface area (Å²) >= 11 is 8.04. The third-order valence-electron chi connectivity index (χ3n) is 2.85. The molecule has 112 valence electrons. The van der Waals surface area contributed by atoms with E-state index in [1.54, 1.807) is 11.8 Å². The van der Waals surface area contributed by atoms with E-state index in [-0.39, 0.29) is 11.5 Å². The van der Waals surface area contributed by atoms with Crippen molar-refractivity contribution in [2.45, 2.75) is 6.42 Å². The van der Waals surface area contributed by atoms with E-state index in [9.17, 15) is 13.6 Å². The number of amides is 1. The van der Waals surface area contributed by atoms with Gasteiger partial charge in [0.2, 0.25) is 0 Å². The molecule has 1 saturated heterocycles. The molecule has 2 rings (SSSR count). The van der Waals surface area contributed by atoms with Crippen LogP contribution in [-0.2, 0) is 4.79 Å². The van der Waals surface area contributed by atoms with Crippen LogP contribution in [0.1, 0.15) is 12.0 Å². The van der Waals surface area contributed by atoms with Gasteiger partial charge < -0.3 is 0 Å². The number of halogens is 2. The summed E-state index contributed by atoms with van der Waals surface area (Å²) in [6, 6.07) is 3.27. The molecular formula is C14H13F2NOS3. The number of nitrogens with zero attached hydrogens (tertiary/aromatic N) is 1. The summed E-state index contributed by atoms with van der Waals surface area (Å²) in [4.78, 5) is 14.1. The maximum atomic E-state index is 13.6. The Morgan fingerprint density at radius 1 is 1.43 bits per heavy atom. The molecule has 2 nitrogen and oxygen atoms in total. The van der Waals surface area contributed by atoms with E-state index in [0.717, 1.165) is 36.1 Å². The highest BCUT2D eigenvalue weighted by Gasteiger charge is 2.31. The molecule has 0 bridgehead atoms. The average Bonchev–Trinajstić information content (AvgIpc) is 2.69. The number of benzene rings is 1. The quantitative estimate of drug-likeness (QED) is 0.458. The molecule has 1 fully saturated rings. The predicted molar refractivity (Wildman–Crippen MR) is 89.2 cm³/mol. The van der Waals surface area contributed by atoms with E-state index < -0.39 is 11.6 Å². The minimum absolute atomic E-state index is 0.181. The van der Waals surface area contributed by atoms with E-state index in [0.29, 0.717) is 15.8 Å². The highest BCUT2D eigenvalue weighted by Crippen LogP contribution is 2.33. The van der Waals surface area contributed by atoms with Gasteiger partial charge >= 0.3 is 0 Å². The van der Waals surface area contributed by atoms with Crippen LogP contribution in [0.5, 0.6) is 0 Å². The van der Waals surface area contributed by atoms with Gasteiger partial charge in [0, 0.05) is 18.2 Å². The lowest BCUT2D eigenvalue weighted by atomic mass is 10.2. The Kier molecular flexibility index (Phi) is 5.78. The smallest absolute Gasteiger partial charge is 0.266 e. The van der Waals surface area contributed by atoms with Crippen molar-refractivity contribution in [1.82, 2.24) is 4.90 Å². The van der Waals surface area contributed by atoms with Crippen LogP contribution in [0, 0.1) is 11.6 Å². The standard InChI is InChI=1S/C14H13F2NOS3/c1-20-6-2-5-17-13(18)12(21-14(17)19)7-9-3-4-10(15)8-11(9)16/h3-4,7-8H,2,5-6H2,1H3/b12-7-. The third kappa shape index (κ3) is 4.05. The maximum absolute atomic E-state index is 13.6. The van der Waals surface area contributed by atoms with Gasteiger partial charge in [0.05, 0.1) is 4.91 Å². The average molecular weight is 345 g/mol. The summed E-state index contributed by atoms with van der Waals surface area (Å²) in [5, 5.41) is 0. The van der Waals surface area contributed by atoms with Crippen LogP contribution >= 0.6 is 35.7 Å². The zero-order valence-corrected chi connectivity index (χ0v) is 13.7. The first-order chi connectivity index (χ1) is 10.0. The van der Waals surface area contributed by atoms with Crippen molar-refractivity contribution in [1.29, 1.82) is 0 Å². The van der Waals surface area contributed by atoms with Gasteiger partial charge in [-0.3, -0.25) is 9.69 Å². The molecule has 0 saturated carbocycles. The van der Waals surface area contributed by atoms with Crippen LogP contribution in [0.3, 0.4) is 0 Å². The summed E-state index contributed by atoms with van der Waals surface area (Å²) in [7, 11) is 0. The van der Waals surface area contributed by atoms with Gasteiger partial charge in [-0.05, 0) is 36.6 Å². The lowest BCUT2D eigenvalue weighted by Gasteiger charge is -2.13. The number of hydrogen-bond donors (Lipinski definition) is 0. The maximum Gasteiger partial charge on any atom is 0.266 e. The summed E-state index contributed by atoms with van der Waals surface area (Å²) < 4.78 is 27.0. The number of hydrogen-bond acceptors (Lipinski definition) is 4. The molecule has 0 N–H and O–H groups in total. The van der Waals surface area contributed by atoms with Gasteiger partial charge in [-0.2, -0.15) is 11.8 Å². The van der Waals surface area contributed by atoms with Crippen molar-refractivity contribution in [3.8, 4) is 0 Å². The number of carbonyl (C=O) groups is 1. The fraction of sp³-hybridized carbons (Fsp3) is 0.286. The highest BCUT2D eigenvalue weighted by molar-refractivity contribution is 8.26. The zero-order chi connectivity index (χ0) is 15.4. The number of thiocarbonyl (C=S) groups is 1. The van der Waals surface area contributed by atoms with Crippen LogP contribution in [0.2, 0.25) is 0 Å². The van der Waals surface area contributed by atoms with Crippen LogP contribution in [-0.4, -0.2) is 33.7 Å². The van der Waals surface area contributed by atoms with Gasteiger partial charge in [0.1, 0.15) is 16.0 Å². The molecule has 1 amide bonds. The molecule has 0 spiro atoms. The van der Waals surface area contributed by atoms with Gasteiger partial charge in [0.25, 0.3) is 5.91 Å². The van der Waals surface area contributed by atoms with Crippen molar-refractivity contribution in [3.63, 3.8) is 0 Å². The second kappa shape index (κ2) is 7.38. The normalized spacial score (nSPS) is 17.1. The molecule has 1 heterocycles. The molecule has 0 unspecified atom stereocenters. The Bertz CT molecular complexity index is 604. The zero-order valence-electron chi connectivity index (χ0n) is 11.3. The fourth-order valence-electron chi connectivity index (χ4n) is 1.82. The summed E-state index contributed by atoms with van der Waals surface area (Å²) in [6.45, 7) is 0.564. The molecule has 1 aromatic carbocycles. The van der Waals surface area contributed by atoms with Crippen LogP contribution < -0.4 is 0 Å². The molecular weight excluding hydrogens is 332 g/mol. The minimum atomic E-state index is -0.692. The molecule has 0 radical (unpaired) electrons. The summed E-state index contributed by atoms with van der Waals surface area (Å²) in [6.07, 6.45) is 4.27. The van der Waals surface area contributed by atoms with Crippen molar-refractivity contribution >= 4 is 52.0 Å². The van der Waals surface area contributed by atoms with Gasteiger partial charge in [-0.1, -0.05) is 24.0 Å². The van der Waals surface area contributed by atoms with Gasteiger partial charge in [-0.15, -0.1) is 0 Å². The Hall–Kier alpha value is -0.920. The topological polar surface area (TPSA) is 20.3 Å². The molecule has 0 atom stereocenters. The predicted octanol–water partition coefficient (Wildman–Crippen LogP) is 3.92. The fourth-order valence-corrected chi connectivity index (χ4v) is 3.54. The Morgan fingerprint density at radius 3 is 2.86 bits per heavy atom. The number of carbonyl (C=O) groups excluding carboxylic acids is 1. The number of rotatable bonds is 5. The van der Waals surface area contributed by atoms with Crippen molar-refractivity contribution in [2.24, 2.45) is 0 Å². The first-order valence-electron chi connectivity index (χ1n) is 6.22. The van der Waals surface area contributed by atoms with Crippen LogP contribution in [0.25, 0.3) is 6.08 Å². The molecule has 7 heteroatoms. The van der Waals surface area contributed by atoms with E-state index in [1.165, 1.54) is 17.0 Å². The first kappa shape index (κ1) is 16.5. The Balaban J connectivity index is 2.16. The highest BCUT2D eigenvalue weighted by atomic mass is 32.2. The van der Waals surface area contributed by atoms with Gasteiger partial charge in [0.15, 0.2) is 0 Å². The SMILES string of the molecule is CSCCCN1C(=O)/C(=C/c2ccc(F)cc2F)SC1=S. The molecule has 21 heavy (non-hydrogen) atoms. The Morgan fingerprint density at radius 2 is 2.19 bits per heavy atom. The van der Waals surface area contributed by atoms with Crippen molar-refractivity contribution in [3.05, 3.63) is 40.3 Å². The van der Waals surface area contributed by atoms with E-state index in [4.69, 9.17) is 12.2 Å². The second-order valence-corrected chi connectivity index (χ2v) is 7.01. The van der Waals surface area contributed by atoms with E-state index >= 15 is 0 Å². The molecule has 1 aromatic rings. The van der Waals surface area contributed by atoms with Gasteiger partial charge in [-0.25, -0.2) is 8.78 Å². The second-order valence-electron chi connectivity index (χ2n) is 4.35. The van der Waals surface area contributed by atoms with Crippen molar-refractivity contribution < 1.29 is 13.6 Å². The number of thioether (sulfide) groups is 2. The van der Waals surface area contributed by atoms with Crippen LogP contribution in [0.15, 0.2) is 23.1 Å². The minimum Gasteiger partial charge on any atom is -0.293 e. The molecule has 0 aromatic heterocycles. The molecule has 1 aliphatic rings. The lowest BCUT2D eigenvalue weighted by Crippen LogP contribution is -2.29. The lowest BCUT2D eigenvalue weighted by molar-refractivity contribution is -0.122. The summed E-state index contributed by atoms with van der Waals surface area (Å²) in [5.74, 6) is -0.602. The monoisotopic (exact) mass is 345 g/mol. The molecule has 0 aliphatic carbocycles. The summed E-state index contributed by atoms with van der Waals surface area (Å²) in [5.41, 5.74) is 0.181. The van der Waals surface area contributed by atoms with Crippen LogP contribution in [0.4, 0.5) is 8.78 Å².